The van der Waals surface area contributed by atoms with Crippen LogP contribution >= 0.6 is 0 Å². The predicted octanol–water partition coefficient (Wildman–Crippen LogP) is 6.34. The van der Waals surface area contributed by atoms with Crippen LogP contribution in [-0.2, 0) is 14.3 Å². The van der Waals surface area contributed by atoms with Crippen LogP contribution in [0.2, 0.25) is 0 Å². The molecule has 2 heterocycles. The van der Waals surface area contributed by atoms with Crippen molar-refractivity contribution in [3.8, 4) is 0 Å². The number of fused-ring (bicyclic) bond motifs is 2. The smallest absolute Gasteiger partial charge is 0.315 e. The van der Waals surface area contributed by atoms with Gasteiger partial charge in [0.25, 0.3) is 0 Å². The first-order valence-corrected chi connectivity index (χ1v) is 17.8. The van der Waals surface area contributed by atoms with Crippen LogP contribution in [0.4, 0.5) is 0 Å². The van der Waals surface area contributed by atoms with Gasteiger partial charge in [0.15, 0.2) is 0 Å². The first-order valence-electron chi connectivity index (χ1n) is 17.8. The SMILES string of the molecule is CCCCC[C@@H]1C[C@H](C23C[C@@H]4[C@H](C)CC[C@H]4C4(C=O)CC2C=C(C(C)C)[C@]43C(=O)O)O[C@H]1CNCCN1CCCCC1. The average Bonchev–Trinajstić information content (AvgIpc) is 3.69. The van der Waals surface area contributed by atoms with Gasteiger partial charge >= 0.3 is 5.97 Å². The van der Waals surface area contributed by atoms with Gasteiger partial charge in [-0.25, -0.2) is 0 Å². The van der Waals surface area contributed by atoms with Crippen molar-refractivity contribution in [1.82, 2.24) is 10.2 Å². The largest absolute Gasteiger partial charge is 0.481 e. The van der Waals surface area contributed by atoms with Gasteiger partial charge in [-0.2, -0.15) is 0 Å². The molecule has 42 heavy (non-hydrogen) atoms. The molecular weight excluding hydrogens is 524 g/mol. The number of carbonyl (C=O) groups is 2. The second kappa shape index (κ2) is 11.9. The van der Waals surface area contributed by atoms with E-state index in [-0.39, 0.29) is 30.0 Å². The van der Waals surface area contributed by atoms with Crippen molar-refractivity contribution in [2.75, 3.05) is 32.7 Å². The van der Waals surface area contributed by atoms with Crippen LogP contribution in [0.5, 0.6) is 0 Å². The molecule has 0 aromatic carbocycles. The van der Waals surface area contributed by atoms with Crippen molar-refractivity contribution >= 4 is 12.3 Å². The number of unbranched alkanes of at least 4 members (excludes halogenated alkanes) is 2. The zero-order valence-corrected chi connectivity index (χ0v) is 26.9. The first-order chi connectivity index (χ1) is 20.3. The Morgan fingerprint density at radius 1 is 1.19 bits per heavy atom. The third-order valence-electron chi connectivity index (χ3n) is 13.5. The minimum absolute atomic E-state index is 0.106. The van der Waals surface area contributed by atoms with Crippen LogP contribution < -0.4 is 5.32 Å². The molecule has 236 valence electrons. The summed E-state index contributed by atoms with van der Waals surface area (Å²) in [6.45, 7) is 14.3. The van der Waals surface area contributed by atoms with Gasteiger partial charge < -0.3 is 24.9 Å². The molecule has 0 aromatic rings. The van der Waals surface area contributed by atoms with Gasteiger partial charge in [-0.3, -0.25) is 4.79 Å². The number of carboxylic acid groups (broad SMARTS) is 1. The molecule has 6 nitrogen and oxygen atoms in total. The molecule has 0 aromatic heterocycles. The molecule has 6 rings (SSSR count). The molecule has 2 N–H and O–H groups in total. The standard InChI is InChI=1S/C36H58N2O4/c1-5-6-8-11-26-18-32(42-31(26)22-37-14-17-38-15-9-7-10-16-38)35-21-28-25(4)12-13-29(28)34(23-39)20-27(35)19-30(24(2)3)36(34,35)33(40)41/h19,23-29,31-32,37H,5-18,20-22H2,1-4H3,(H,40,41)/t25-,26-,27?,28-,29-,31+,32-,34?,35?,36+/m1/s1. The summed E-state index contributed by atoms with van der Waals surface area (Å²) in [5.41, 5.74) is -1.44. The molecule has 6 heteroatoms. The topological polar surface area (TPSA) is 78.9 Å². The lowest BCUT2D eigenvalue weighted by atomic mass is 9.41. The van der Waals surface area contributed by atoms with Crippen LogP contribution in [0.3, 0.4) is 0 Å². The molecule has 10 atom stereocenters. The molecule has 3 saturated carbocycles. The van der Waals surface area contributed by atoms with E-state index in [0.29, 0.717) is 24.2 Å². The Labute approximate surface area is 254 Å². The van der Waals surface area contributed by atoms with Gasteiger partial charge in [0.1, 0.15) is 11.7 Å². The van der Waals surface area contributed by atoms with E-state index in [9.17, 15) is 14.7 Å². The second-order valence-corrected chi connectivity index (χ2v) is 15.6. The number of nitrogens with zero attached hydrogens (tertiary/aromatic N) is 1. The number of carbonyl (C=O) groups excluding carboxylic acids is 1. The van der Waals surface area contributed by atoms with Gasteiger partial charge in [0.05, 0.1) is 17.6 Å². The van der Waals surface area contributed by atoms with Crippen molar-refractivity contribution in [1.29, 1.82) is 0 Å². The molecule has 2 saturated heterocycles. The molecule has 3 unspecified atom stereocenters. The molecule has 0 radical (unpaired) electrons. The lowest BCUT2D eigenvalue weighted by molar-refractivity contribution is -0.197. The zero-order chi connectivity index (χ0) is 29.7. The molecule has 0 spiro atoms. The zero-order valence-electron chi connectivity index (χ0n) is 26.9. The highest BCUT2D eigenvalue weighted by molar-refractivity contribution is 5.90. The number of hydrogen-bond donors (Lipinski definition) is 2. The fraction of sp³-hybridized carbons (Fsp3) is 0.889. The minimum atomic E-state index is -1.14. The van der Waals surface area contributed by atoms with Crippen molar-refractivity contribution in [3.05, 3.63) is 11.6 Å². The van der Waals surface area contributed by atoms with E-state index in [1.54, 1.807) is 0 Å². The fourth-order valence-electron chi connectivity index (χ4n) is 11.8. The molecule has 6 aliphatic rings. The van der Waals surface area contributed by atoms with Gasteiger partial charge in [-0.15, -0.1) is 0 Å². The lowest BCUT2D eigenvalue weighted by Gasteiger charge is -2.60. The van der Waals surface area contributed by atoms with Gasteiger partial charge in [-0.05, 0) is 93.5 Å². The minimum Gasteiger partial charge on any atom is -0.481 e. The molecule has 0 amide bonds. The lowest BCUT2D eigenvalue weighted by Crippen LogP contribution is -2.65. The summed E-state index contributed by atoms with van der Waals surface area (Å²) < 4.78 is 7.23. The van der Waals surface area contributed by atoms with Gasteiger partial charge in [-0.1, -0.05) is 71.4 Å². The number of likely N-dealkylation sites (tertiary alicyclic amines) is 1. The van der Waals surface area contributed by atoms with Gasteiger partial charge in [0.2, 0.25) is 0 Å². The van der Waals surface area contributed by atoms with E-state index in [2.05, 4.69) is 44.0 Å². The number of aldehydes is 1. The summed E-state index contributed by atoms with van der Waals surface area (Å²) in [5.74, 6) is 1.04. The first kappa shape index (κ1) is 30.8. The van der Waals surface area contributed by atoms with Crippen molar-refractivity contribution < 1.29 is 19.4 Å². The maximum absolute atomic E-state index is 14.0. The van der Waals surface area contributed by atoms with Crippen molar-refractivity contribution in [2.45, 2.75) is 117 Å². The monoisotopic (exact) mass is 582 g/mol. The molecule has 4 bridgehead atoms. The maximum Gasteiger partial charge on any atom is 0.315 e. The van der Waals surface area contributed by atoms with Crippen LogP contribution in [0, 0.1) is 51.8 Å². The van der Waals surface area contributed by atoms with E-state index in [0.717, 1.165) is 63.6 Å². The van der Waals surface area contributed by atoms with Crippen molar-refractivity contribution in [2.24, 2.45) is 51.8 Å². The molecule has 5 fully saturated rings. The van der Waals surface area contributed by atoms with E-state index >= 15 is 0 Å². The van der Waals surface area contributed by atoms with Gasteiger partial charge in [0, 0.05) is 25.0 Å². The molecular formula is C36H58N2O4. The summed E-state index contributed by atoms with van der Waals surface area (Å²) in [5, 5.41) is 15.2. The van der Waals surface area contributed by atoms with Crippen LogP contribution in [-0.4, -0.2) is 67.2 Å². The Morgan fingerprint density at radius 3 is 2.67 bits per heavy atom. The quantitative estimate of drug-likeness (QED) is 0.150. The normalized spacial score (nSPS) is 44.5. The number of rotatable bonds is 13. The van der Waals surface area contributed by atoms with E-state index in [1.807, 2.05) is 0 Å². The van der Waals surface area contributed by atoms with Crippen LogP contribution in [0.1, 0.15) is 105 Å². The summed E-state index contributed by atoms with van der Waals surface area (Å²) in [4.78, 5) is 30.0. The highest BCUT2D eigenvalue weighted by atomic mass is 16.5. The van der Waals surface area contributed by atoms with E-state index in [4.69, 9.17) is 4.74 Å². The number of hydrogen-bond acceptors (Lipinski definition) is 5. The molecule has 2 aliphatic heterocycles. The number of carboxylic acids is 1. The Bertz CT molecular complexity index is 1040. The Morgan fingerprint density at radius 2 is 1.98 bits per heavy atom. The number of aliphatic carboxylic acids is 1. The highest BCUT2D eigenvalue weighted by Crippen LogP contribution is 2.84. The number of allylic oxidation sites excluding steroid dienone is 1. The predicted molar refractivity (Wildman–Crippen MR) is 166 cm³/mol. The average molecular weight is 583 g/mol. The van der Waals surface area contributed by atoms with Crippen LogP contribution in [0.25, 0.3) is 0 Å². The van der Waals surface area contributed by atoms with E-state index in [1.165, 1.54) is 51.6 Å². The summed E-state index contributed by atoms with van der Waals surface area (Å²) in [7, 11) is 0. The molecule has 4 aliphatic carbocycles. The highest BCUT2D eigenvalue weighted by Gasteiger charge is 2.86. The fourth-order valence-corrected chi connectivity index (χ4v) is 11.8. The second-order valence-electron chi connectivity index (χ2n) is 15.6. The third kappa shape index (κ3) is 4.35. The Balaban J connectivity index is 1.31. The number of piperidine rings is 1. The summed E-state index contributed by atoms with van der Waals surface area (Å²) in [6.07, 6.45) is 16.9. The Kier molecular flexibility index (Phi) is 8.74. The number of nitrogens with one attached hydrogen (secondary N) is 1. The van der Waals surface area contributed by atoms with Crippen LogP contribution in [0.15, 0.2) is 11.6 Å². The Hall–Kier alpha value is -1.24. The maximum atomic E-state index is 14.0. The summed E-state index contributed by atoms with van der Waals surface area (Å²) >= 11 is 0. The third-order valence-corrected chi connectivity index (χ3v) is 13.5. The summed E-state index contributed by atoms with van der Waals surface area (Å²) in [6, 6.07) is 0. The van der Waals surface area contributed by atoms with Crippen molar-refractivity contribution in [3.63, 3.8) is 0 Å². The number of ether oxygens (including phenoxy) is 1. The van der Waals surface area contributed by atoms with E-state index < -0.39 is 22.2 Å².